The van der Waals surface area contributed by atoms with E-state index in [0.29, 0.717) is 25.5 Å². The molecule has 142 valence electrons. The fraction of sp³-hybridized carbons (Fsp3) is 0.450. The Morgan fingerprint density at radius 3 is 3.00 bits per heavy atom. The number of rotatable bonds is 5. The van der Waals surface area contributed by atoms with Crippen molar-refractivity contribution in [3.63, 3.8) is 0 Å². The van der Waals surface area contributed by atoms with Crippen LogP contribution in [0.15, 0.2) is 42.9 Å². The van der Waals surface area contributed by atoms with Crippen molar-refractivity contribution < 1.29 is 18.7 Å². The summed E-state index contributed by atoms with van der Waals surface area (Å²) in [5.74, 6) is -0.433. The Morgan fingerprint density at radius 1 is 1.30 bits per heavy atom. The van der Waals surface area contributed by atoms with Gasteiger partial charge in [-0.05, 0) is 36.6 Å². The highest BCUT2D eigenvalue weighted by Crippen LogP contribution is 2.33. The highest BCUT2D eigenvalue weighted by Gasteiger charge is 2.44. The molecule has 2 aliphatic rings. The van der Waals surface area contributed by atoms with E-state index in [9.17, 15) is 9.18 Å². The minimum absolute atomic E-state index is 0.00779. The fourth-order valence-corrected chi connectivity index (χ4v) is 3.86. The predicted molar refractivity (Wildman–Crippen MR) is 95.2 cm³/mol. The van der Waals surface area contributed by atoms with Crippen LogP contribution in [0.4, 0.5) is 4.39 Å². The molecule has 1 aliphatic heterocycles. The molecule has 3 unspecified atom stereocenters. The maximum Gasteiger partial charge on any atom is 0.229 e. The van der Waals surface area contributed by atoms with Crippen LogP contribution in [0.1, 0.15) is 24.1 Å². The van der Waals surface area contributed by atoms with E-state index in [-0.39, 0.29) is 30.6 Å². The molecule has 0 spiro atoms. The van der Waals surface area contributed by atoms with Crippen molar-refractivity contribution in [3.05, 3.63) is 59.9 Å². The number of nitrogens with zero attached hydrogens (tertiary/aromatic N) is 3. The van der Waals surface area contributed by atoms with Gasteiger partial charge >= 0.3 is 0 Å². The molecule has 2 aromatic rings. The molecule has 2 aromatic heterocycles. The molecule has 1 aliphatic carbocycles. The Bertz CT molecular complexity index is 772. The summed E-state index contributed by atoms with van der Waals surface area (Å²) in [6.45, 7) is 1.47. The molecule has 3 heterocycles. The summed E-state index contributed by atoms with van der Waals surface area (Å²) >= 11 is 0. The third kappa shape index (κ3) is 4.14. The first-order valence-electron chi connectivity index (χ1n) is 9.23. The van der Waals surface area contributed by atoms with Crippen molar-refractivity contribution >= 4 is 5.91 Å². The van der Waals surface area contributed by atoms with Gasteiger partial charge in [0, 0.05) is 24.6 Å². The fourth-order valence-electron chi connectivity index (χ4n) is 3.86. The lowest BCUT2D eigenvalue weighted by Crippen LogP contribution is -2.47. The second-order valence-electron chi connectivity index (χ2n) is 6.92. The standard InChI is InChI=1S/C20H22FN3O3/c21-15-3-4-16(23-12-15)10-19(25)24-8-9-26-18-6-5-17(24)20(18)27-13-14-2-1-7-22-11-14/h1-4,7,11-12,17-18,20H,5-6,8-10,13H2. The van der Waals surface area contributed by atoms with Crippen LogP contribution >= 0.6 is 0 Å². The molecule has 7 heteroatoms. The molecular formula is C20H22FN3O3. The quantitative estimate of drug-likeness (QED) is 0.806. The molecule has 0 aromatic carbocycles. The Morgan fingerprint density at radius 2 is 2.22 bits per heavy atom. The first-order valence-corrected chi connectivity index (χ1v) is 9.23. The molecule has 3 atom stereocenters. The zero-order valence-corrected chi connectivity index (χ0v) is 15.0. The Kier molecular flexibility index (Phi) is 5.40. The number of hydrogen-bond donors (Lipinski definition) is 0. The first-order chi connectivity index (χ1) is 13.2. The number of amides is 1. The van der Waals surface area contributed by atoms with Crippen LogP contribution in [0.3, 0.4) is 0 Å². The van der Waals surface area contributed by atoms with Crippen LogP contribution in [0.25, 0.3) is 0 Å². The molecular weight excluding hydrogens is 349 g/mol. The predicted octanol–water partition coefficient (Wildman–Crippen LogP) is 2.13. The van der Waals surface area contributed by atoms with E-state index in [1.807, 2.05) is 17.0 Å². The van der Waals surface area contributed by atoms with E-state index in [4.69, 9.17) is 9.47 Å². The van der Waals surface area contributed by atoms with Crippen molar-refractivity contribution in [1.29, 1.82) is 0 Å². The number of pyridine rings is 2. The third-order valence-corrected chi connectivity index (χ3v) is 5.16. The molecule has 0 radical (unpaired) electrons. The van der Waals surface area contributed by atoms with Crippen molar-refractivity contribution in [1.82, 2.24) is 14.9 Å². The van der Waals surface area contributed by atoms with Gasteiger partial charge in [-0.25, -0.2) is 4.39 Å². The van der Waals surface area contributed by atoms with Crippen LogP contribution < -0.4 is 0 Å². The molecule has 27 heavy (non-hydrogen) atoms. The summed E-state index contributed by atoms with van der Waals surface area (Å²) in [4.78, 5) is 22.8. The summed E-state index contributed by atoms with van der Waals surface area (Å²) in [5.41, 5.74) is 1.56. The topological polar surface area (TPSA) is 64.6 Å². The second kappa shape index (κ2) is 8.10. The highest BCUT2D eigenvalue weighted by atomic mass is 19.1. The summed E-state index contributed by atoms with van der Waals surface area (Å²) < 4.78 is 25.1. The van der Waals surface area contributed by atoms with E-state index in [1.54, 1.807) is 18.5 Å². The smallest absolute Gasteiger partial charge is 0.229 e. The molecule has 1 amide bonds. The SMILES string of the molecule is O=C(Cc1ccc(F)cn1)N1CCOC2CCC1C2OCc1cccnc1. The summed E-state index contributed by atoms with van der Waals surface area (Å²) in [6, 6.07) is 6.71. The molecule has 0 N–H and O–H groups in total. The van der Waals surface area contributed by atoms with Crippen molar-refractivity contribution in [2.24, 2.45) is 0 Å². The number of carbonyl (C=O) groups excluding carboxylic acids is 1. The van der Waals surface area contributed by atoms with Crippen LogP contribution in [0.2, 0.25) is 0 Å². The number of carbonyl (C=O) groups is 1. The number of fused-ring (bicyclic) bond motifs is 2. The number of ether oxygens (including phenoxy) is 2. The Hall–Kier alpha value is -2.38. The largest absolute Gasteiger partial charge is 0.374 e. The van der Waals surface area contributed by atoms with E-state index >= 15 is 0 Å². The number of aromatic nitrogens is 2. The zero-order chi connectivity index (χ0) is 18.6. The van der Waals surface area contributed by atoms with Crippen LogP contribution in [0.5, 0.6) is 0 Å². The molecule has 2 bridgehead atoms. The number of halogens is 1. The second-order valence-corrected chi connectivity index (χ2v) is 6.92. The zero-order valence-electron chi connectivity index (χ0n) is 15.0. The van der Waals surface area contributed by atoms with Gasteiger partial charge in [0.25, 0.3) is 0 Å². The lowest BCUT2D eigenvalue weighted by atomic mass is 10.1. The normalized spacial score (nSPS) is 24.6. The minimum atomic E-state index is -0.406. The van der Waals surface area contributed by atoms with Gasteiger partial charge < -0.3 is 14.4 Å². The third-order valence-electron chi connectivity index (χ3n) is 5.16. The van der Waals surface area contributed by atoms with Crippen molar-refractivity contribution in [3.8, 4) is 0 Å². The van der Waals surface area contributed by atoms with E-state index < -0.39 is 5.82 Å². The van der Waals surface area contributed by atoms with Gasteiger partial charge in [0.1, 0.15) is 11.9 Å². The lowest BCUT2D eigenvalue weighted by Gasteiger charge is -2.31. The highest BCUT2D eigenvalue weighted by molar-refractivity contribution is 5.78. The Labute approximate surface area is 157 Å². The average molecular weight is 371 g/mol. The minimum Gasteiger partial charge on any atom is -0.374 e. The van der Waals surface area contributed by atoms with Gasteiger partial charge in [-0.3, -0.25) is 14.8 Å². The van der Waals surface area contributed by atoms with Gasteiger partial charge in [0.15, 0.2) is 0 Å². The molecule has 4 rings (SSSR count). The van der Waals surface area contributed by atoms with Gasteiger partial charge in [-0.2, -0.15) is 0 Å². The molecule has 1 saturated heterocycles. The van der Waals surface area contributed by atoms with Crippen molar-refractivity contribution in [2.45, 2.75) is 44.1 Å². The first kappa shape index (κ1) is 18.0. The maximum atomic E-state index is 13.0. The molecule has 6 nitrogen and oxygen atoms in total. The lowest BCUT2D eigenvalue weighted by molar-refractivity contribution is -0.135. The maximum absolute atomic E-state index is 13.0. The van der Waals surface area contributed by atoms with Gasteiger partial charge in [0.2, 0.25) is 5.91 Å². The van der Waals surface area contributed by atoms with Crippen LogP contribution in [-0.4, -0.2) is 52.2 Å². The van der Waals surface area contributed by atoms with E-state index in [0.717, 1.165) is 24.6 Å². The number of hydrogen-bond acceptors (Lipinski definition) is 5. The van der Waals surface area contributed by atoms with Crippen molar-refractivity contribution in [2.75, 3.05) is 13.2 Å². The molecule has 1 saturated carbocycles. The summed E-state index contributed by atoms with van der Waals surface area (Å²) in [6.07, 6.45) is 6.38. The van der Waals surface area contributed by atoms with Gasteiger partial charge in [0.05, 0.1) is 38.0 Å². The summed E-state index contributed by atoms with van der Waals surface area (Å²) in [7, 11) is 0. The molecule has 2 fully saturated rings. The van der Waals surface area contributed by atoms with E-state index in [2.05, 4.69) is 9.97 Å². The average Bonchev–Trinajstić information content (AvgIpc) is 2.97. The van der Waals surface area contributed by atoms with Crippen LogP contribution in [-0.2, 0) is 27.3 Å². The van der Waals surface area contributed by atoms with Gasteiger partial charge in [-0.15, -0.1) is 0 Å². The summed E-state index contributed by atoms with van der Waals surface area (Å²) in [5, 5.41) is 0. The van der Waals surface area contributed by atoms with Gasteiger partial charge in [-0.1, -0.05) is 6.07 Å². The monoisotopic (exact) mass is 371 g/mol. The van der Waals surface area contributed by atoms with Crippen LogP contribution in [0, 0.1) is 5.82 Å². The van der Waals surface area contributed by atoms with E-state index in [1.165, 1.54) is 6.07 Å². The Balaban J connectivity index is 1.44.